The van der Waals surface area contributed by atoms with Crippen molar-refractivity contribution in [1.82, 2.24) is 24.7 Å². The number of nitrogens with one attached hydrogen (secondary N) is 2. The lowest BCUT2D eigenvalue weighted by molar-refractivity contribution is -0.121. The van der Waals surface area contributed by atoms with Gasteiger partial charge in [0.25, 0.3) is 0 Å². The minimum Gasteiger partial charge on any atom is -0.449 e. The van der Waals surface area contributed by atoms with Crippen LogP contribution in [-0.4, -0.2) is 55.0 Å². The van der Waals surface area contributed by atoms with Crippen molar-refractivity contribution in [3.8, 4) is 0 Å². The van der Waals surface area contributed by atoms with Gasteiger partial charge in [-0.1, -0.05) is 13.3 Å². The summed E-state index contributed by atoms with van der Waals surface area (Å²) in [6.45, 7) is 4.66. The molecular weight excluding hydrogens is 410 g/mol. The second-order valence-corrected chi connectivity index (χ2v) is 9.02. The monoisotopic (exact) mass is 439 g/mol. The summed E-state index contributed by atoms with van der Waals surface area (Å²) in [7, 11) is -0.607. The number of imidazole rings is 1. The molecular formula is C19H29N5O5S. The van der Waals surface area contributed by atoms with Gasteiger partial charge >= 0.3 is 6.09 Å². The first kappa shape index (κ1) is 23.6. The molecule has 1 aromatic heterocycles. The molecule has 2 aromatic rings. The van der Waals surface area contributed by atoms with E-state index in [1.807, 2.05) is 4.57 Å². The lowest BCUT2D eigenvalue weighted by Crippen LogP contribution is -2.42. The molecule has 30 heavy (non-hydrogen) atoms. The van der Waals surface area contributed by atoms with Gasteiger partial charge < -0.3 is 9.30 Å². The molecule has 0 aliphatic heterocycles. The number of nitrogens with zero attached hydrogens (tertiary/aromatic N) is 3. The Morgan fingerprint density at radius 3 is 2.57 bits per heavy atom. The lowest BCUT2D eigenvalue weighted by Gasteiger charge is -2.11. The van der Waals surface area contributed by atoms with Gasteiger partial charge in [0.2, 0.25) is 15.9 Å². The zero-order valence-electron chi connectivity index (χ0n) is 17.8. The highest BCUT2D eigenvalue weighted by atomic mass is 32.2. The van der Waals surface area contributed by atoms with Gasteiger partial charge in [0, 0.05) is 33.5 Å². The molecule has 0 saturated heterocycles. The van der Waals surface area contributed by atoms with Crippen LogP contribution in [0.2, 0.25) is 0 Å². The number of aromatic nitrogens is 2. The normalized spacial score (nSPS) is 11.6. The van der Waals surface area contributed by atoms with Crippen molar-refractivity contribution >= 4 is 33.1 Å². The Balaban J connectivity index is 2.23. The van der Waals surface area contributed by atoms with Gasteiger partial charge in [-0.25, -0.2) is 27.9 Å². The highest BCUT2D eigenvalue weighted by Crippen LogP contribution is 2.23. The van der Waals surface area contributed by atoms with E-state index in [4.69, 9.17) is 0 Å². The number of ether oxygens (including phenoxy) is 1. The third kappa shape index (κ3) is 5.70. The molecule has 0 fully saturated rings. The summed E-state index contributed by atoms with van der Waals surface area (Å²) in [5.41, 5.74) is 5.85. The third-order valence-corrected chi connectivity index (χ3v) is 6.28. The van der Waals surface area contributed by atoms with Crippen molar-refractivity contribution in [2.75, 3.05) is 20.7 Å². The predicted molar refractivity (Wildman–Crippen MR) is 112 cm³/mol. The van der Waals surface area contributed by atoms with E-state index < -0.39 is 16.1 Å². The van der Waals surface area contributed by atoms with Gasteiger partial charge in [-0.2, -0.15) is 0 Å². The third-order valence-electron chi connectivity index (χ3n) is 4.47. The molecule has 0 aliphatic rings. The van der Waals surface area contributed by atoms with Crippen LogP contribution in [0.25, 0.3) is 11.0 Å². The maximum Gasteiger partial charge on any atom is 0.426 e. The number of aryl methyl sites for hydroxylation is 2. The molecule has 0 radical (unpaired) electrons. The van der Waals surface area contributed by atoms with Crippen LogP contribution in [0.3, 0.4) is 0 Å². The Kier molecular flexibility index (Phi) is 8.18. The molecule has 0 bridgehead atoms. The predicted octanol–water partition coefficient (Wildman–Crippen LogP) is 1.80. The summed E-state index contributed by atoms with van der Waals surface area (Å²) in [4.78, 5) is 28.0. The average molecular weight is 440 g/mol. The molecule has 11 heteroatoms. The molecule has 0 saturated carbocycles. The van der Waals surface area contributed by atoms with Crippen LogP contribution in [0, 0.1) is 0 Å². The maximum atomic E-state index is 12.4. The van der Waals surface area contributed by atoms with Crippen LogP contribution in [0.15, 0.2) is 23.1 Å². The standard InChI is InChI=1S/C19H29N5O5S/c1-5-7-12-24-16-9-8-14(30(27,28)23(3)4)13-15(16)20-17(24)10-11-18(25)21-22-19(26)29-6-2/h8-9,13H,5-7,10-12H2,1-4H3,(H,21,25)(H,22,26). The van der Waals surface area contributed by atoms with Crippen molar-refractivity contribution in [3.05, 3.63) is 24.0 Å². The fourth-order valence-electron chi connectivity index (χ4n) is 2.86. The first-order chi connectivity index (χ1) is 14.2. The maximum absolute atomic E-state index is 12.4. The number of fused-ring (bicyclic) bond motifs is 1. The van der Waals surface area contributed by atoms with Gasteiger partial charge in [-0.3, -0.25) is 10.2 Å². The fourth-order valence-corrected chi connectivity index (χ4v) is 3.79. The Morgan fingerprint density at radius 2 is 1.93 bits per heavy atom. The first-order valence-electron chi connectivity index (χ1n) is 9.84. The van der Waals surface area contributed by atoms with Crippen LogP contribution >= 0.6 is 0 Å². The quantitative estimate of drug-likeness (QED) is 0.575. The van der Waals surface area contributed by atoms with Gasteiger partial charge in [0.1, 0.15) is 5.82 Å². The molecule has 10 nitrogen and oxygen atoms in total. The molecule has 0 aliphatic carbocycles. The van der Waals surface area contributed by atoms with E-state index in [1.54, 1.807) is 25.1 Å². The minimum atomic E-state index is -3.57. The average Bonchev–Trinajstić information content (AvgIpc) is 3.05. The molecule has 166 valence electrons. The Hall–Kier alpha value is -2.66. The molecule has 0 spiro atoms. The molecule has 2 amide bonds. The topological polar surface area (TPSA) is 123 Å². The number of hydrogen-bond acceptors (Lipinski definition) is 6. The summed E-state index contributed by atoms with van der Waals surface area (Å²) < 4.78 is 32.7. The van der Waals surface area contributed by atoms with E-state index in [-0.39, 0.29) is 23.8 Å². The van der Waals surface area contributed by atoms with Crippen LogP contribution in [0.5, 0.6) is 0 Å². The number of carbonyl (C=O) groups is 2. The van der Waals surface area contributed by atoms with E-state index in [1.165, 1.54) is 14.1 Å². The Bertz CT molecular complexity index is 1000. The van der Waals surface area contributed by atoms with Gasteiger partial charge in [0.05, 0.1) is 22.5 Å². The van der Waals surface area contributed by atoms with Crippen LogP contribution in [0.1, 0.15) is 38.9 Å². The number of hydrogen-bond donors (Lipinski definition) is 2. The molecule has 1 aromatic carbocycles. The fraction of sp³-hybridized carbons (Fsp3) is 0.526. The highest BCUT2D eigenvalue weighted by molar-refractivity contribution is 7.89. The van der Waals surface area contributed by atoms with Crippen LogP contribution in [0.4, 0.5) is 4.79 Å². The number of hydrazine groups is 1. The summed E-state index contributed by atoms with van der Waals surface area (Å²) in [6.07, 6.45) is 1.62. The number of unbranched alkanes of at least 4 members (excludes halogenated alkanes) is 1. The zero-order valence-corrected chi connectivity index (χ0v) is 18.6. The molecule has 1 heterocycles. The largest absolute Gasteiger partial charge is 0.449 e. The Labute approximate surface area is 176 Å². The van der Waals surface area contributed by atoms with Crippen molar-refractivity contribution in [2.24, 2.45) is 0 Å². The van der Waals surface area contributed by atoms with Gasteiger partial charge in [-0.05, 0) is 31.5 Å². The molecule has 0 atom stereocenters. The van der Waals surface area contributed by atoms with E-state index in [0.717, 1.165) is 22.7 Å². The van der Waals surface area contributed by atoms with Crippen molar-refractivity contribution in [1.29, 1.82) is 0 Å². The lowest BCUT2D eigenvalue weighted by atomic mass is 10.2. The second kappa shape index (κ2) is 10.4. The van der Waals surface area contributed by atoms with E-state index >= 15 is 0 Å². The van der Waals surface area contributed by atoms with Gasteiger partial charge in [0.15, 0.2) is 0 Å². The minimum absolute atomic E-state index is 0.102. The second-order valence-electron chi connectivity index (χ2n) is 6.86. The highest BCUT2D eigenvalue weighted by Gasteiger charge is 2.20. The number of benzene rings is 1. The number of carbonyl (C=O) groups excluding carboxylic acids is 2. The van der Waals surface area contributed by atoms with E-state index in [2.05, 4.69) is 27.5 Å². The summed E-state index contributed by atoms with van der Waals surface area (Å²) in [5, 5.41) is 0. The first-order valence-corrected chi connectivity index (χ1v) is 11.3. The molecule has 2 N–H and O–H groups in total. The van der Waals surface area contributed by atoms with Crippen molar-refractivity contribution < 1.29 is 22.7 Å². The summed E-state index contributed by atoms with van der Waals surface area (Å²) in [5.74, 6) is 0.303. The number of amides is 2. The molecule has 2 rings (SSSR count). The summed E-state index contributed by atoms with van der Waals surface area (Å²) in [6, 6.07) is 4.88. The van der Waals surface area contributed by atoms with Crippen molar-refractivity contribution in [2.45, 2.75) is 51.0 Å². The molecule has 0 unspecified atom stereocenters. The van der Waals surface area contributed by atoms with Crippen molar-refractivity contribution in [3.63, 3.8) is 0 Å². The SMILES string of the molecule is CCCCn1c(CCC(=O)NNC(=O)OCC)nc2cc(S(=O)(=O)N(C)C)ccc21. The Morgan fingerprint density at radius 1 is 1.20 bits per heavy atom. The number of rotatable bonds is 9. The number of sulfonamides is 1. The smallest absolute Gasteiger partial charge is 0.426 e. The van der Waals surface area contributed by atoms with Crippen LogP contribution < -0.4 is 10.9 Å². The summed E-state index contributed by atoms with van der Waals surface area (Å²) >= 11 is 0. The van der Waals surface area contributed by atoms with E-state index in [9.17, 15) is 18.0 Å². The van der Waals surface area contributed by atoms with Crippen LogP contribution in [-0.2, 0) is 32.5 Å². The van der Waals surface area contributed by atoms with Gasteiger partial charge in [-0.15, -0.1) is 0 Å². The van der Waals surface area contributed by atoms with E-state index in [0.29, 0.717) is 24.3 Å². The zero-order chi connectivity index (χ0) is 22.3.